The van der Waals surface area contributed by atoms with Gasteiger partial charge in [0.25, 0.3) is 0 Å². The van der Waals surface area contributed by atoms with Crippen LogP contribution in [-0.4, -0.2) is 13.2 Å². The van der Waals surface area contributed by atoms with Crippen LogP contribution in [0.15, 0.2) is 18.2 Å². The largest absolute Gasteiger partial charge is 0.494 e. The molecule has 0 fully saturated rings. The van der Waals surface area contributed by atoms with Crippen LogP contribution in [0.25, 0.3) is 0 Å². The first-order valence-corrected chi connectivity index (χ1v) is 5.39. The molecule has 3 heteroatoms. The second kappa shape index (κ2) is 5.49. The van der Waals surface area contributed by atoms with Crippen LogP contribution in [0.5, 0.6) is 5.75 Å². The number of benzene rings is 1. The molecule has 0 amide bonds. The van der Waals surface area contributed by atoms with Crippen molar-refractivity contribution in [2.24, 2.45) is 5.92 Å². The standard InChI is InChI=1S/C12H20N2O/c1-4-15-12-6-10(13)5-11(7-12)14-8-9(2)3/h5-7,9,14H,4,8,13H2,1-3H3. The Kier molecular flexibility index (Phi) is 4.28. The number of hydrogen-bond donors (Lipinski definition) is 2. The van der Waals surface area contributed by atoms with Gasteiger partial charge in [0.05, 0.1) is 6.61 Å². The van der Waals surface area contributed by atoms with Crippen LogP contribution in [-0.2, 0) is 0 Å². The summed E-state index contributed by atoms with van der Waals surface area (Å²) in [6, 6.07) is 5.73. The van der Waals surface area contributed by atoms with Crippen molar-refractivity contribution < 1.29 is 4.74 Å². The molecule has 1 aromatic carbocycles. The van der Waals surface area contributed by atoms with Gasteiger partial charge in [0.1, 0.15) is 5.75 Å². The van der Waals surface area contributed by atoms with E-state index < -0.39 is 0 Å². The second-order valence-electron chi connectivity index (χ2n) is 4.00. The first-order valence-electron chi connectivity index (χ1n) is 5.39. The molecule has 3 N–H and O–H groups in total. The van der Waals surface area contributed by atoms with E-state index in [1.54, 1.807) is 0 Å². The third-order valence-corrected chi connectivity index (χ3v) is 1.95. The summed E-state index contributed by atoms with van der Waals surface area (Å²) in [6.07, 6.45) is 0. The molecule has 84 valence electrons. The molecular formula is C12H20N2O. The summed E-state index contributed by atoms with van der Waals surface area (Å²) in [5, 5.41) is 3.32. The molecule has 0 heterocycles. The molecule has 0 aliphatic rings. The summed E-state index contributed by atoms with van der Waals surface area (Å²) in [4.78, 5) is 0. The number of hydrogen-bond acceptors (Lipinski definition) is 3. The zero-order valence-electron chi connectivity index (χ0n) is 9.71. The average molecular weight is 208 g/mol. The van der Waals surface area contributed by atoms with Crippen LogP contribution in [0.1, 0.15) is 20.8 Å². The van der Waals surface area contributed by atoms with Gasteiger partial charge in [0.15, 0.2) is 0 Å². The average Bonchev–Trinajstić information content (AvgIpc) is 2.14. The highest BCUT2D eigenvalue weighted by atomic mass is 16.5. The molecule has 0 aliphatic heterocycles. The van der Waals surface area contributed by atoms with Crippen LogP contribution in [0.3, 0.4) is 0 Å². The van der Waals surface area contributed by atoms with E-state index in [9.17, 15) is 0 Å². The SMILES string of the molecule is CCOc1cc(N)cc(NCC(C)C)c1. The second-order valence-corrected chi connectivity index (χ2v) is 4.00. The van der Waals surface area contributed by atoms with Crippen molar-refractivity contribution in [1.29, 1.82) is 0 Å². The van der Waals surface area contributed by atoms with Gasteiger partial charge in [-0.1, -0.05) is 13.8 Å². The van der Waals surface area contributed by atoms with E-state index in [2.05, 4.69) is 19.2 Å². The molecule has 1 aromatic rings. The van der Waals surface area contributed by atoms with Gasteiger partial charge in [-0.25, -0.2) is 0 Å². The fraction of sp³-hybridized carbons (Fsp3) is 0.500. The van der Waals surface area contributed by atoms with Crippen LogP contribution >= 0.6 is 0 Å². The third kappa shape index (κ3) is 4.11. The van der Waals surface area contributed by atoms with E-state index in [4.69, 9.17) is 10.5 Å². The molecule has 0 aliphatic carbocycles. The molecule has 0 spiro atoms. The maximum Gasteiger partial charge on any atom is 0.123 e. The van der Waals surface area contributed by atoms with Crippen LogP contribution in [0.4, 0.5) is 11.4 Å². The molecule has 0 saturated carbocycles. The molecule has 0 saturated heterocycles. The third-order valence-electron chi connectivity index (χ3n) is 1.95. The van der Waals surface area contributed by atoms with Gasteiger partial charge in [-0.15, -0.1) is 0 Å². The number of nitrogens with one attached hydrogen (secondary N) is 1. The monoisotopic (exact) mass is 208 g/mol. The number of rotatable bonds is 5. The van der Waals surface area contributed by atoms with Gasteiger partial charge in [0.2, 0.25) is 0 Å². The van der Waals surface area contributed by atoms with Crippen molar-refractivity contribution in [3.05, 3.63) is 18.2 Å². The van der Waals surface area contributed by atoms with Gasteiger partial charge >= 0.3 is 0 Å². The first kappa shape index (κ1) is 11.7. The zero-order valence-corrected chi connectivity index (χ0v) is 9.71. The van der Waals surface area contributed by atoms with Gasteiger partial charge in [0, 0.05) is 30.1 Å². The number of ether oxygens (including phenoxy) is 1. The topological polar surface area (TPSA) is 47.3 Å². The Bertz CT molecular complexity index is 310. The van der Waals surface area contributed by atoms with Crippen LogP contribution in [0, 0.1) is 5.92 Å². The van der Waals surface area contributed by atoms with Crippen molar-refractivity contribution in [3.8, 4) is 5.75 Å². The fourth-order valence-corrected chi connectivity index (χ4v) is 1.30. The van der Waals surface area contributed by atoms with Gasteiger partial charge in [-0.2, -0.15) is 0 Å². The van der Waals surface area contributed by atoms with E-state index in [1.165, 1.54) is 0 Å². The van der Waals surface area contributed by atoms with Crippen molar-refractivity contribution in [1.82, 2.24) is 0 Å². The minimum absolute atomic E-state index is 0.613. The Morgan fingerprint density at radius 2 is 2.07 bits per heavy atom. The van der Waals surface area contributed by atoms with Gasteiger partial charge in [-0.05, 0) is 18.9 Å². The summed E-state index contributed by atoms with van der Waals surface area (Å²) >= 11 is 0. The first-order chi connectivity index (χ1) is 7.11. The summed E-state index contributed by atoms with van der Waals surface area (Å²) in [5.41, 5.74) is 7.53. The normalized spacial score (nSPS) is 10.4. The van der Waals surface area contributed by atoms with Crippen molar-refractivity contribution in [2.45, 2.75) is 20.8 Å². The summed E-state index contributed by atoms with van der Waals surface area (Å²) in [6.45, 7) is 7.90. The number of nitrogens with two attached hydrogens (primary N) is 1. The predicted octanol–water partition coefficient (Wildman–Crippen LogP) is 2.74. The van der Waals surface area contributed by atoms with Crippen LogP contribution in [0.2, 0.25) is 0 Å². The number of nitrogen functional groups attached to an aromatic ring is 1. The molecule has 15 heavy (non-hydrogen) atoms. The molecule has 0 radical (unpaired) electrons. The van der Waals surface area contributed by atoms with Crippen molar-refractivity contribution in [2.75, 3.05) is 24.2 Å². The zero-order chi connectivity index (χ0) is 11.3. The Morgan fingerprint density at radius 3 is 2.67 bits per heavy atom. The van der Waals surface area contributed by atoms with E-state index in [-0.39, 0.29) is 0 Å². The Balaban J connectivity index is 2.70. The molecule has 0 bridgehead atoms. The fourth-order valence-electron chi connectivity index (χ4n) is 1.30. The van der Waals surface area contributed by atoms with E-state index in [1.807, 2.05) is 25.1 Å². The highest BCUT2D eigenvalue weighted by molar-refractivity contribution is 5.59. The molecular weight excluding hydrogens is 188 g/mol. The van der Waals surface area contributed by atoms with Gasteiger partial charge in [-0.3, -0.25) is 0 Å². The molecule has 3 nitrogen and oxygen atoms in total. The Hall–Kier alpha value is -1.38. The lowest BCUT2D eigenvalue weighted by Gasteiger charge is -2.11. The lowest BCUT2D eigenvalue weighted by Crippen LogP contribution is -2.08. The molecule has 0 atom stereocenters. The maximum absolute atomic E-state index is 5.78. The number of anilines is 2. The molecule has 0 unspecified atom stereocenters. The lowest BCUT2D eigenvalue weighted by molar-refractivity contribution is 0.340. The minimum Gasteiger partial charge on any atom is -0.494 e. The Morgan fingerprint density at radius 1 is 1.33 bits per heavy atom. The molecule has 1 rings (SSSR count). The van der Waals surface area contributed by atoms with Crippen molar-refractivity contribution in [3.63, 3.8) is 0 Å². The summed E-state index contributed by atoms with van der Waals surface area (Å²) in [7, 11) is 0. The van der Waals surface area contributed by atoms with E-state index in [0.717, 1.165) is 23.7 Å². The highest BCUT2D eigenvalue weighted by Crippen LogP contribution is 2.22. The lowest BCUT2D eigenvalue weighted by atomic mass is 10.2. The quantitative estimate of drug-likeness (QED) is 0.731. The smallest absolute Gasteiger partial charge is 0.123 e. The van der Waals surface area contributed by atoms with E-state index >= 15 is 0 Å². The summed E-state index contributed by atoms with van der Waals surface area (Å²) < 4.78 is 5.41. The Labute approximate surface area is 91.6 Å². The maximum atomic E-state index is 5.78. The van der Waals surface area contributed by atoms with Crippen LogP contribution < -0.4 is 15.8 Å². The van der Waals surface area contributed by atoms with Gasteiger partial charge < -0.3 is 15.8 Å². The molecule has 0 aromatic heterocycles. The highest BCUT2D eigenvalue weighted by Gasteiger charge is 2.00. The van der Waals surface area contributed by atoms with Crippen molar-refractivity contribution >= 4 is 11.4 Å². The minimum atomic E-state index is 0.613. The predicted molar refractivity (Wildman–Crippen MR) is 65.4 cm³/mol. The summed E-state index contributed by atoms with van der Waals surface area (Å²) in [5.74, 6) is 1.44. The van der Waals surface area contributed by atoms with E-state index in [0.29, 0.717) is 12.5 Å².